The van der Waals surface area contributed by atoms with Gasteiger partial charge in [0.2, 0.25) is 0 Å². The summed E-state index contributed by atoms with van der Waals surface area (Å²) in [4.78, 5) is 0. The summed E-state index contributed by atoms with van der Waals surface area (Å²) in [6, 6.07) is 0. The first-order chi connectivity index (χ1) is 4.52. The van der Waals surface area contributed by atoms with E-state index >= 15 is 0 Å². The maximum atomic E-state index is 8.86. The van der Waals surface area contributed by atoms with E-state index in [2.05, 4.69) is 0 Å². The lowest BCUT2D eigenvalue weighted by atomic mass is 9.84. The van der Waals surface area contributed by atoms with E-state index < -0.39 is 0 Å². The smallest absolute Gasteiger partial charge is 0.0482 e. The molecule has 0 aromatic carbocycles. The Morgan fingerprint density at radius 3 is 2.10 bits per heavy atom. The van der Waals surface area contributed by atoms with Gasteiger partial charge in [-0.2, -0.15) is 0 Å². The van der Waals surface area contributed by atoms with Crippen molar-refractivity contribution >= 4 is 0 Å². The third kappa shape index (κ3) is 3.85. The molecule has 0 aromatic heterocycles. The van der Waals surface area contributed by atoms with E-state index in [4.69, 9.17) is 10.2 Å². The molecule has 0 aliphatic carbocycles. The van der Waals surface area contributed by atoms with Crippen molar-refractivity contribution in [2.45, 2.75) is 27.2 Å². The third-order valence-corrected chi connectivity index (χ3v) is 1.64. The predicted octanol–water partition coefficient (Wildman–Crippen LogP) is 1.02. The Morgan fingerprint density at radius 2 is 1.80 bits per heavy atom. The first-order valence-corrected chi connectivity index (χ1v) is 3.73. The summed E-state index contributed by atoms with van der Waals surface area (Å²) in [7, 11) is 0. The van der Waals surface area contributed by atoms with Gasteiger partial charge in [-0.3, -0.25) is 0 Å². The van der Waals surface area contributed by atoms with Crippen molar-refractivity contribution in [2.24, 2.45) is 11.3 Å². The molecule has 0 saturated carbocycles. The first-order valence-electron chi connectivity index (χ1n) is 3.73. The second-order valence-electron chi connectivity index (χ2n) is 3.81. The van der Waals surface area contributed by atoms with Crippen molar-refractivity contribution in [3.63, 3.8) is 0 Å². The molecule has 0 fully saturated rings. The number of aliphatic hydroxyl groups is 2. The molecule has 0 aromatic rings. The Kier molecular flexibility index (Phi) is 3.91. The van der Waals surface area contributed by atoms with Crippen molar-refractivity contribution in [2.75, 3.05) is 13.2 Å². The van der Waals surface area contributed by atoms with Crippen LogP contribution in [0.2, 0.25) is 0 Å². The van der Waals surface area contributed by atoms with Gasteiger partial charge in [0, 0.05) is 13.2 Å². The highest BCUT2D eigenvalue weighted by Crippen LogP contribution is 2.23. The van der Waals surface area contributed by atoms with Crippen LogP contribution in [0.25, 0.3) is 0 Å². The van der Waals surface area contributed by atoms with Crippen molar-refractivity contribution in [1.29, 1.82) is 0 Å². The average molecular weight is 146 g/mol. The van der Waals surface area contributed by atoms with Gasteiger partial charge >= 0.3 is 0 Å². The van der Waals surface area contributed by atoms with Crippen LogP contribution in [0.5, 0.6) is 0 Å². The molecular formula is C8H18O2. The van der Waals surface area contributed by atoms with Gasteiger partial charge in [-0.1, -0.05) is 20.8 Å². The van der Waals surface area contributed by atoms with Gasteiger partial charge in [-0.05, 0) is 17.8 Å². The molecule has 1 unspecified atom stereocenters. The molecule has 0 aliphatic rings. The monoisotopic (exact) mass is 146 g/mol. The van der Waals surface area contributed by atoms with Gasteiger partial charge in [-0.25, -0.2) is 0 Å². The molecule has 0 heterocycles. The largest absolute Gasteiger partial charge is 0.396 e. The quantitative estimate of drug-likeness (QED) is 0.621. The lowest BCUT2D eigenvalue weighted by Crippen LogP contribution is -2.21. The molecule has 0 rings (SSSR count). The predicted molar refractivity (Wildman–Crippen MR) is 41.7 cm³/mol. The van der Waals surface area contributed by atoms with Crippen molar-refractivity contribution in [3.8, 4) is 0 Å². The maximum absolute atomic E-state index is 8.86. The summed E-state index contributed by atoms with van der Waals surface area (Å²) in [5.74, 6) is 0.294. The molecule has 0 spiro atoms. The van der Waals surface area contributed by atoms with Gasteiger partial charge in [0.25, 0.3) is 0 Å². The molecular weight excluding hydrogens is 128 g/mol. The van der Waals surface area contributed by atoms with Crippen LogP contribution < -0.4 is 0 Å². The number of hydrogen-bond donors (Lipinski definition) is 2. The Morgan fingerprint density at radius 1 is 1.30 bits per heavy atom. The van der Waals surface area contributed by atoms with Crippen LogP contribution in [0.3, 0.4) is 0 Å². The molecule has 2 N–H and O–H groups in total. The minimum atomic E-state index is -0.0395. The van der Waals surface area contributed by atoms with Gasteiger partial charge in [-0.15, -0.1) is 0 Å². The molecule has 0 saturated heterocycles. The van der Waals surface area contributed by atoms with E-state index in [0.29, 0.717) is 5.92 Å². The highest BCUT2D eigenvalue weighted by atomic mass is 16.3. The highest BCUT2D eigenvalue weighted by Gasteiger charge is 2.19. The fourth-order valence-corrected chi connectivity index (χ4v) is 1.07. The molecule has 10 heavy (non-hydrogen) atoms. The van der Waals surface area contributed by atoms with Crippen LogP contribution in [0, 0.1) is 11.3 Å². The summed E-state index contributed by atoms with van der Waals surface area (Å²) in [5, 5.41) is 17.6. The van der Waals surface area contributed by atoms with Crippen LogP contribution in [0.15, 0.2) is 0 Å². The fraction of sp³-hybridized carbons (Fsp3) is 1.00. The SMILES string of the molecule is CC(CO)CC(C)(C)CO. The lowest BCUT2D eigenvalue weighted by molar-refractivity contribution is 0.113. The second kappa shape index (κ2) is 3.94. The van der Waals surface area contributed by atoms with E-state index in [0.717, 1.165) is 6.42 Å². The van der Waals surface area contributed by atoms with E-state index in [1.807, 2.05) is 20.8 Å². The zero-order chi connectivity index (χ0) is 8.20. The number of hydrogen-bond acceptors (Lipinski definition) is 2. The fourth-order valence-electron chi connectivity index (χ4n) is 1.07. The second-order valence-corrected chi connectivity index (χ2v) is 3.81. The summed E-state index contributed by atoms with van der Waals surface area (Å²) in [6.45, 7) is 6.39. The molecule has 62 valence electrons. The van der Waals surface area contributed by atoms with Crippen molar-refractivity contribution in [3.05, 3.63) is 0 Å². The lowest BCUT2D eigenvalue weighted by Gasteiger charge is -2.24. The standard InChI is InChI=1S/C8H18O2/c1-7(5-9)4-8(2,3)6-10/h7,9-10H,4-6H2,1-3H3. The van der Waals surface area contributed by atoms with Gasteiger partial charge in [0.1, 0.15) is 0 Å². The zero-order valence-corrected chi connectivity index (χ0v) is 7.09. The normalized spacial score (nSPS) is 15.3. The number of aliphatic hydroxyl groups excluding tert-OH is 2. The average Bonchev–Trinajstić information content (AvgIpc) is 1.87. The van der Waals surface area contributed by atoms with Gasteiger partial charge < -0.3 is 10.2 Å². The van der Waals surface area contributed by atoms with E-state index in [1.54, 1.807) is 0 Å². The summed E-state index contributed by atoms with van der Waals surface area (Å²) in [6.07, 6.45) is 0.875. The summed E-state index contributed by atoms with van der Waals surface area (Å²) < 4.78 is 0. The first kappa shape index (κ1) is 9.92. The summed E-state index contributed by atoms with van der Waals surface area (Å²) >= 11 is 0. The Labute approximate surface area is 62.9 Å². The van der Waals surface area contributed by atoms with E-state index in [1.165, 1.54) is 0 Å². The molecule has 0 aliphatic heterocycles. The minimum Gasteiger partial charge on any atom is -0.396 e. The summed E-state index contributed by atoms with van der Waals surface area (Å²) in [5.41, 5.74) is -0.0395. The Hall–Kier alpha value is -0.0800. The Balaban J connectivity index is 3.64. The molecule has 0 amide bonds. The van der Waals surface area contributed by atoms with Crippen molar-refractivity contribution < 1.29 is 10.2 Å². The van der Waals surface area contributed by atoms with Gasteiger partial charge in [0.05, 0.1) is 0 Å². The minimum absolute atomic E-state index is 0.0395. The van der Waals surface area contributed by atoms with Crippen LogP contribution in [-0.4, -0.2) is 23.4 Å². The van der Waals surface area contributed by atoms with E-state index in [9.17, 15) is 0 Å². The number of rotatable bonds is 4. The molecule has 0 bridgehead atoms. The molecule has 0 radical (unpaired) electrons. The van der Waals surface area contributed by atoms with Crippen molar-refractivity contribution in [1.82, 2.24) is 0 Å². The zero-order valence-electron chi connectivity index (χ0n) is 7.09. The van der Waals surface area contributed by atoms with Crippen LogP contribution in [0.4, 0.5) is 0 Å². The van der Waals surface area contributed by atoms with Gasteiger partial charge in [0.15, 0.2) is 0 Å². The molecule has 2 heteroatoms. The maximum Gasteiger partial charge on any atom is 0.0482 e. The van der Waals surface area contributed by atoms with Crippen LogP contribution in [-0.2, 0) is 0 Å². The van der Waals surface area contributed by atoms with E-state index in [-0.39, 0.29) is 18.6 Å². The third-order valence-electron chi connectivity index (χ3n) is 1.64. The van der Waals surface area contributed by atoms with Crippen LogP contribution in [0.1, 0.15) is 27.2 Å². The van der Waals surface area contributed by atoms with Crippen LogP contribution >= 0.6 is 0 Å². The highest BCUT2D eigenvalue weighted by molar-refractivity contribution is 4.69. The topological polar surface area (TPSA) is 40.5 Å². The molecule has 2 nitrogen and oxygen atoms in total. The Bertz CT molecular complexity index is 89.3. The molecule has 1 atom stereocenters.